The van der Waals surface area contributed by atoms with Crippen molar-refractivity contribution in [3.63, 3.8) is 0 Å². The predicted molar refractivity (Wildman–Crippen MR) is 186 cm³/mol. The lowest BCUT2D eigenvalue weighted by molar-refractivity contribution is 0.0594. The Hall–Kier alpha value is -5.03. The summed E-state index contributed by atoms with van der Waals surface area (Å²) in [5.41, 5.74) is 5.14. The molecule has 0 bridgehead atoms. The van der Waals surface area contributed by atoms with Crippen LogP contribution in [0.5, 0.6) is 0 Å². The van der Waals surface area contributed by atoms with Crippen molar-refractivity contribution in [1.29, 1.82) is 0 Å². The number of amides is 1. The van der Waals surface area contributed by atoms with Gasteiger partial charge in [-0.15, -0.1) is 0 Å². The minimum Gasteiger partial charge on any atom is -0.464 e. The van der Waals surface area contributed by atoms with Gasteiger partial charge >= 0.3 is 5.97 Å². The maximum Gasteiger partial charge on any atom is 0.356 e. The molecule has 5 aromatic rings. The molecule has 1 aromatic carbocycles. The normalized spacial score (nSPS) is 17.2. The molecule has 0 saturated carbocycles. The van der Waals surface area contributed by atoms with Crippen molar-refractivity contribution < 1.29 is 14.3 Å². The molecule has 0 radical (unpaired) electrons. The van der Waals surface area contributed by atoms with Crippen LogP contribution in [0.1, 0.15) is 71.1 Å². The summed E-state index contributed by atoms with van der Waals surface area (Å²) in [5, 5.41) is 8.59. The van der Waals surface area contributed by atoms with E-state index in [0.29, 0.717) is 29.0 Å². The number of aromatic amines is 1. The van der Waals surface area contributed by atoms with Crippen LogP contribution in [0.4, 0.5) is 11.6 Å². The number of piperidine rings is 1. The van der Waals surface area contributed by atoms with Gasteiger partial charge in [0.15, 0.2) is 5.69 Å². The van der Waals surface area contributed by atoms with E-state index in [1.165, 1.54) is 19.2 Å². The van der Waals surface area contributed by atoms with Gasteiger partial charge in [-0.3, -0.25) is 14.4 Å². The first kappa shape index (κ1) is 31.6. The predicted octanol–water partition coefficient (Wildman–Crippen LogP) is 6.32. The topological polar surface area (TPSA) is 121 Å². The van der Waals surface area contributed by atoms with Crippen LogP contribution in [0, 0.1) is 5.92 Å². The molecule has 48 heavy (non-hydrogen) atoms. The number of methoxy groups -OCH3 is 1. The van der Waals surface area contributed by atoms with E-state index in [1.807, 2.05) is 59.5 Å². The molecular weight excluding hydrogens is 604 g/mol. The van der Waals surface area contributed by atoms with E-state index in [0.717, 1.165) is 86.1 Å². The summed E-state index contributed by atoms with van der Waals surface area (Å²) < 4.78 is 6.82. The largest absolute Gasteiger partial charge is 0.464 e. The molecule has 1 amide bonds. The molecule has 2 fully saturated rings. The van der Waals surface area contributed by atoms with E-state index >= 15 is 0 Å². The number of carbonyl (C=O) groups is 2. The zero-order chi connectivity index (χ0) is 33.0. The first-order chi connectivity index (χ1) is 23.4. The number of likely N-dealkylation sites (tertiary alicyclic amines) is 1. The van der Waals surface area contributed by atoms with Gasteiger partial charge in [-0.2, -0.15) is 5.10 Å². The molecule has 6 heterocycles. The highest BCUT2D eigenvalue weighted by Gasteiger charge is 2.24. The number of nitrogens with zero attached hydrogens (tertiary/aromatic N) is 6. The standard InChI is InChI=1S/C37H42N8O3/c1-43-16-5-8-33(43)32-20-28-22-38-34(21-31(28)40-32)42-36(46)27-12-10-26(11-13-27)29-23-39-45(24-29)17-4-6-25-14-18-44(19-15-25)35-9-3-7-30(41-35)37(47)48-2/h3,7,9-13,20-25,33,40H,4-6,8,14-19H2,1-2H3,(H,38,42,46)/t33-/m1/s1. The fraction of sp³-hybridized carbons (Fsp3) is 0.378. The maximum atomic E-state index is 13.0. The van der Waals surface area contributed by atoms with Crippen molar-refractivity contribution in [3.8, 4) is 11.1 Å². The second kappa shape index (κ2) is 14.0. The van der Waals surface area contributed by atoms with Gasteiger partial charge in [0.1, 0.15) is 11.6 Å². The third-order valence-electron chi connectivity index (χ3n) is 9.83. The summed E-state index contributed by atoms with van der Waals surface area (Å²) in [7, 11) is 3.54. The van der Waals surface area contributed by atoms with Crippen LogP contribution >= 0.6 is 0 Å². The first-order valence-corrected chi connectivity index (χ1v) is 16.9. The summed E-state index contributed by atoms with van der Waals surface area (Å²) in [4.78, 5) is 42.0. The molecule has 2 saturated heterocycles. The SMILES string of the molecule is COC(=O)c1cccc(N2CCC(CCCn3cc(-c4ccc(C(=O)Nc5cc6[nH]c([C@H]7CCCN7C)cc6cn5)cc4)cn3)CC2)n1. The minimum atomic E-state index is -0.408. The molecule has 2 N–H and O–H groups in total. The lowest BCUT2D eigenvalue weighted by atomic mass is 9.92. The number of hydrogen-bond donors (Lipinski definition) is 2. The highest BCUT2D eigenvalue weighted by Crippen LogP contribution is 2.32. The number of hydrogen-bond acceptors (Lipinski definition) is 8. The third-order valence-corrected chi connectivity index (χ3v) is 9.83. The van der Waals surface area contributed by atoms with Crippen molar-refractivity contribution in [2.45, 2.75) is 51.1 Å². The zero-order valence-electron chi connectivity index (χ0n) is 27.6. The number of fused-ring (bicyclic) bond motifs is 1. The number of benzene rings is 1. The van der Waals surface area contributed by atoms with E-state index < -0.39 is 5.97 Å². The lowest BCUT2D eigenvalue weighted by Crippen LogP contribution is -2.34. The number of carbonyl (C=O) groups excluding carboxylic acids is 2. The van der Waals surface area contributed by atoms with E-state index in [1.54, 1.807) is 6.07 Å². The number of pyridine rings is 2. The smallest absolute Gasteiger partial charge is 0.356 e. The number of rotatable bonds is 10. The Labute approximate surface area is 280 Å². The maximum absolute atomic E-state index is 13.0. The molecule has 1 atom stereocenters. The number of H-pyrrole nitrogens is 1. The van der Waals surface area contributed by atoms with Crippen LogP contribution in [0.25, 0.3) is 22.0 Å². The third kappa shape index (κ3) is 6.96. The second-order valence-corrected chi connectivity index (χ2v) is 13.0. The molecule has 0 spiro atoms. The second-order valence-electron chi connectivity index (χ2n) is 13.0. The lowest BCUT2D eigenvalue weighted by Gasteiger charge is -2.33. The molecule has 2 aliphatic heterocycles. The van der Waals surface area contributed by atoms with E-state index in [2.05, 4.69) is 54.5 Å². The van der Waals surface area contributed by atoms with Gasteiger partial charge in [0.05, 0.1) is 18.8 Å². The van der Waals surface area contributed by atoms with E-state index in [4.69, 9.17) is 4.74 Å². The molecule has 4 aromatic heterocycles. The van der Waals surface area contributed by atoms with Gasteiger partial charge in [0.2, 0.25) is 0 Å². The average Bonchev–Trinajstić information content (AvgIpc) is 3.88. The Bertz CT molecular complexity index is 1890. The van der Waals surface area contributed by atoms with E-state index in [9.17, 15) is 9.59 Å². The summed E-state index contributed by atoms with van der Waals surface area (Å²) in [6.07, 6.45) is 12.5. The molecule has 11 heteroatoms. The quantitative estimate of drug-likeness (QED) is 0.169. The van der Waals surface area contributed by atoms with Gasteiger partial charge in [0, 0.05) is 66.3 Å². The summed E-state index contributed by atoms with van der Waals surface area (Å²) in [6, 6.07) is 17.6. The number of nitrogens with one attached hydrogen (secondary N) is 2. The molecular formula is C37H42N8O3. The molecule has 11 nitrogen and oxygen atoms in total. The molecule has 2 aliphatic rings. The first-order valence-electron chi connectivity index (χ1n) is 16.9. The highest BCUT2D eigenvalue weighted by molar-refractivity contribution is 6.04. The summed E-state index contributed by atoms with van der Waals surface area (Å²) in [6.45, 7) is 3.83. The van der Waals surface area contributed by atoms with Crippen molar-refractivity contribution >= 4 is 34.4 Å². The van der Waals surface area contributed by atoms with Gasteiger partial charge in [-0.25, -0.2) is 14.8 Å². The fourth-order valence-corrected chi connectivity index (χ4v) is 7.05. The van der Waals surface area contributed by atoms with Gasteiger partial charge in [0.25, 0.3) is 5.91 Å². The Morgan fingerprint density at radius 2 is 1.83 bits per heavy atom. The average molecular weight is 647 g/mol. The highest BCUT2D eigenvalue weighted by atomic mass is 16.5. The van der Waals surface area contributed by atoms with Crippen LogP contribution < -0.4 is 10.2 Å². The minimum absolute atomic E-state index is 0.191. The van der Waals surface area contributed by atoms with Crippen LogP contribution in [-0.2, 0) is 11.3 Å². The number of esters is 1. The number of anilines is 2. The van der Waals surface area contributed by atoms with Crippen LogP contribution in [0.2, 0.25) is 0 Å². The van der Waals surface area contributed by atoms with Crippen molar-refractivity contribution in [1.82, 2.24) is 29.6 Å². The Balaban J connectivity index is 0.880. The molecule has 0 aliphatic carbocycles. The van der Waals surface area contributed by atoms with Gasteiger partial charge in [-0.05, 0) is 93.9 Å². The Kier molecular flexibility index (Phi) is 9.20. The van der Waals surface area contributed by atoms with Crippen LogP contribution in [0.3, 0.4) is 0 Å². The number of aryl methyl sites for hydroxylation is 1. The number of aromatic nitrogens is 5. The van der Waals surface area contributed by atoms with Crippen molar-refractivity contribution in [3.05, 3.63) is 90.1 Å². The fourth-order valence-electron chi connectivity index (χ4n) is 7.05. The van der Waals surface area contributed by atoms with Crippen molar-refractivity contribution in [2.24, 2.45) is 5.92 Å². The number of ether oxygens (including phenoxy) is 1. The van der Waals surface area contributed by atoms with Crippen LogP contribution in [-0.4, -0.2) is 75.3 Å². The van der Waals surface area contributed by atoms with Gasteiger partial charge < -0.3 is 19.9 Å². The molecule has 0 unspecified atom stereocenters. The monoisotopic (exact) mass is 646 g/mol. The Morgan fingerprint density at radius 3 is 2.60 bits per heavy atom. The van der Waals surface area contributed by atoms with Gasteiger partial charge in [-0.1, -0.05) is 18.2 Å². The zero-order valence-corrected chi connectivity index (χ0v) is 27.6. The Morgan fingerprint density at radius 1 is 1.00 bits per heavy atom. The summed E-state index contributed by atoms with van der Waals surface area (Å²) in [5.74, 6) is 1.42. The van der Waals surface area contributed by atoms with Crippen molar-refractivity contribution in [2.75, 3.05) is 44.0 Å². The molecule has 7 rings (SSSR count). The van der Waals surface area contributed by atoms with Crippen LogP contribution in [0.15, 0.2) is 73.2 Å². The summed E-state index contributed by atoms with van der Waals surface area (Å²) >= 11 is 0. The van der Waals surface area contributed by atoms with E-state index in [-0.39, 0.29) is 5.91 Å². The molecule has 248 valence electrons.